The van der Waals surface area contributed by atoms with E-state index in [2.05, 4.69) is 6.58 Å². The molecule has 16 heavy (non-hydrogen) atoms. The van der Waals surface area contributed by atoms with Crippen LogP contribution in [0.5, 0.6) is 0 Å². The summed E-state index contributed by atoms with van der Waals surface area (Å²) in [4.78, 5) is 0.113. The smallest absolute Gasteiger partial charge is 0.388 e. The van der Waals surface area contributed by atoms with Gasteiger partial charge in [-0.25, -0.2) is 0 Å². The summed E-state index contributed by atoms with van der Waals surface area (Å²) in [6.07, 6.45) is 1.23. The summed E-state index contributed by atoms with van der Waals surface area (Å²) in [5.41, 5.74) is -3.69. The summed E-state index contributed by atoms with van der Waals surface area (Å²) in [6, 6.07) is 5.67. The Kier molecular flexibility index (Phi) is 4.44. The van der Waals surface area contributed by atoms with E-state index in [0.717, 1.165) is 0 Å². The zero-order valence-corrected chi connectivity index (χ0v) is 9.18. The molecule has 0 aromatic heterocycles. The second-order valence-electron chi connectivity index (χ2n) is 3.16. The van der Waals surface area contributed by atoms with Crippen LogP contribution in [0.25, 0.3) is 0 Å². The van der Waals surface area contributed by atoms with Gasteiger partial charge in [0.05, 0.1) is 6.10 Å². The van der Waals surface area contributed by atoms with Crippen molar-refractivity contribution >= 4 is 11.8 Å². The van der Waals surface area contributed by atoms with E-state index in [1.54, 1.807) is 6.08 Å². The van der Waals surface area contributed by atoms with Crippen molar-refractivity contribution in [2.75, 3.05) is 0 Å². The van der Waals surface area contributed by atoms with Crippen LogP contribution >= 0.6 is 11.8 Å². The van der Waals surface area contributed by atoms with Crippen molar-refractivity contribution in [1.82, 2.24) is 0 Å². The largest absolute Gasteiger partial charge is 0.446 e. The van der Waals surface area contributed by atoms with Crippen molar-refractivity contribution in [3.05, 3.63) is 42.5 Å². The second kappa shape index (κ2) is 5.41. The highest BCUT2D eigenvalue weighted by molar-refractivity contribution is 8.00. The Morgan fingerprint density at radius 1 is 1.31 bits per heavy atom. The highest BCUT2D eigenvalue weighted by Crippen LogP contribution is 2.37. The molecule has 1 rings (SSSR count). The van der Waals surface area contributed by atoms with E-state index in [4.69, 9.17) is 0 Å². The highest BCUT2D eigenvalue weighted by Gasteiger charge is 2.29. The zero-order chi connectivity index (χ0) is 12.2. The predicted molar refractivity (Wildman–Crippen MR) is 58.1 cm³/mol. The van der Waals surface area contributed by atoms with Crippen LogP contribution < -0.4 is 0 Å². The van der Waals surface area contributed by atoms with Crippen LogP contribution in [0.1, 0.15) is 18.1 Å². The molecule has 0 fully saturated rings. The van der Waals surface area contributed by atoms with Gasteiger partial charge in [0.1, 0.15) is 0 Å². The molecular weight excluding hydrogens is 237 g/mol. The second-order valence-corrected chi connectivity index (χ2v) is 4.30. The van der Waals surface area contributed by atoms with Gasteiger partial charge in [-0.3, -0.25) is 0 Å². The van der Waals surface area contributed by atoms with Crippen LogP contribution in [0.15, 0.2) is 41.8 Å². The number of halogens is 3. The first kappa shape index (κ1) is 13.1. The zero-order valence-electron chi connectivity index (χ0n) is 8.37. The number of aliphatic hydroxyl groups is 1. The first-order chi connectivity index (χ1) is 7.42. The van der Waals surface area contributed by atoms with Crippen LogP contribution in [0.2, 0.25) is 0 Å². The van der Waals surface area contributed by atoms with Gasteiger partial charge >= 0.3 is 5.51 Å². The summed E-state index contributed by atoms with van der Waals surface area (Å²) in [7, 11) is 0. The minimum Gasteiger partial charge on any atom is -0.388 e. The Morgan fingerprint density at radius 3 is 2.31 bits per heavy atom. The minimum absolute atomic E-state index is 0.113. The summed E-state index contributed by atoms with van der Waals surface area (Å²) in [5, 5.41) is 9.54. The normalized spacial score (nSPS) is 13.5. The topological polar surface area (TPSA) is 20.2 Å². The molecule has 0 saturated heterocycles. The molecule has 5 heteroatoms. The molecule has 0 bridgehead atoms. The van der Waals surface area contributed by atoms with E-state index in [0.29, 0.717) is 12.0 Å². The summed E-state index contributed by atoms with van der Waals surface area (Å²) in [5.74, 6) is 0. The quantitative estimate of drug-likeness (QED) is 0.644. The Labute approximate surface area is 96.0 Å². The monoisotopic (exact) mass is 248 g/mol. The van der Waals surface area contributed by atoms with Gasteiger partial charge in [-0.2, -0.15) is 13.2 Å². The molecule has 1 atom stereocenters. The van der Waals surface area contributed by atoms with Crippen molar-refractivity contribution in [3.63, 3.8) is 0 Å². The Balaban J connectivity index is 2.71. The molecule has 1 N–H and O–H groups in total. The van der Waals surface area contributed by atoms with E-state index in [-0.39, 0.29) is 16.7 Å². The van der Waals surface area contributed by atoms with Crippen LogP contribution in [-0.2, 0) is 0 Å². The Bertz CT molecular complexity index is 345. The molecule has 1 aromatic rings. The summed E-state index contributed by atoms with van der Waals surface area (Å²) < 4.78 is 36.1. The lowest BCUT2D eigenvalue weighted by molar-refractivity contribution is -0.0328. The molecule has 0 aliphatic heterocycles. The highest BCUT2D eigenvalue weighted by atomic mass is 32.2. The first-order valence-corrected chi connectivity index (χ1v) is 5.38. The van der Waals surface area contributed by atoms with Gasteiger partial charge in [0, 0.05) is 4.90 Å². The van der Waals surface area contributed by atoms with Crippen LogP contribution in [0.3, 0.4) is 0 Å². The maximum atomic E-state index is 12.0. The van der Waals surface area contributed by atoms with E-state index in [1.807, 2.05) is 0 Å². The number of hydrogen-bond donors (Lipinski definition) is 1. The van der Waals surface area contributed by atoms with Gasteiger partial charge in [0.15, 0.2) is 0 Å². The third kappa shape index (κ3) is 4.28. The fraction of sp³-hybridized carbons (Fsp3) is 0.273. The molecule has 1 aromatic carbocycles. The lowest BCUT2D eigenvalue weighted by Gasteiger charge is -2.10. The number of alkyl halides is 3. The molecular formula is C11H11F3OS. The number of benzene rings is 1. The molecule has 1 nitrogen and oxygen atoms in total. The van der Waals surface area contributed by atoms with Crippen LogP contribution in [0, 0.1) is 0 Å². The fourth-order valence-electron chi connectivity index (χ4n) is 1.19. The Hall–Kier alpha value is -0.940. The Morgan fingerprint density at radius 2 is 1.88 bits per heavy atom. The average Bonchev–Trinajstić information content (AvgIpc) is 2.16. The third-order valence-electron chi connectivity index (χ3n) is 1.89. The first-order valence-electron chi connectivity index (χ1n) is 4.57. The van der Waals surface area contributed by atoms with E-state index in [9.17, 15) is 18.3 Å². The maximum absolute atomic E-state index is 12.0. The van der Waals surface area contributed by atoms with Gasteiger partial charge in [0.25, 0.3) is 0 Å². The lowest BCUT2D eigenvalue weighted by atomic mass is 10.1. The summed E-state index contributed by atoms with van der Waals surface area (Å²) in [6.45, 7) is 3.48. The molecule has 0 saturated carbocycles. The fourth-order valence-corrected chi connectivity index (χ4v) is 1.73. The molecule has 0 aliphatic carbocycles. The van der Waals surface area contributed by atoms with E-state index < -0.39 is 11.6 Å². The van der Waals surface area contributed by atoms with Crippen molar-refractivity contribution in [2.45, 2.75) is 22.9 Å². The van der Waals surface area contributed by atoms with Gasteiger partial charge in [-0.15, -0.1) is 6.58 Å². The van der Waals surface area contributed by atoms with Gasteiger partial charge < -0.3 is 5.11 Å². The molecule has 1 unspecified atom stereocenters. The number of hydrogen-bond acceptors (Lipinski definition) is 2. The number of aliphatic hydroxyl groups excluding tert-OH is 1. The van der Waals surface area contributed by atoms with Gasteiger partial charge in [0.2, 0.25) is 0 Å². The summed E-state index contributed by atoms with van der Waals surface area (Å²) >= 11 is -0.167. The van der Waals surface area contributed by atoms with Gasteiger partial charge in [-0.05, 0) is 35.9 Å². The maximum Gasteiger partial charge on any atom is 0.446 e. The van der Waals surface area contributed by atoms with Crippen molar-refractivity contribution in [1.29, 1.82) is 0 Å². The predicted octanol–water partition coefficient (Wildman–Crippen LogP) is 3.91. The van der Waals surface area contributed by atoms with Crippen LogP contribution in [-0.4, -0.2) is 10.6 Å². The molecule has 0 spiro atoms. The van der Waals surface area contributed by atoms with Crippen molar-refractivity contribution in [3.8, 4) is 0 Å². The molecule has 0 amide bonds. The molecule has 0 radical (unpaired) electrons. The van der Waals surface area contributed by atoms with Crippen molar-refractivity contribution in [2.24, 2.45) is 0 Å². The lowest BCUT2D eigenvalue weighted by Crippen LogP contribution is -1.99. The average molecular weight is 248 g/mol. The van der Waals surface area contributed by atoms with Crippen LogP contribution in [0.4, 0.5) is 13.2 Å². The van der Waals surface area contributed by atoms with E-state index >= 15 is 0 Å². The van der Waals surface area contributed by atoms with E-state index in [1.165, 1.54) is 24.3 Å². The SMILES string of the molecule is C=CCC(O)c1ccc(SC(F)(F)F)cc1. The number of thioether (sulfide) groups is 1. The molecule has 88 valence electrons. The standard InChI is InChI=1S/C11H11F3OS/c1-2-3-10(15)8-4-6-9(7-5-8)16-11(12,13)14/h2,4-7,10,15H,1,3H2. The third-order valence-corrected chi connectivity index (χ3v) is 2.63. The van der Waals surface area contributed by atoms with Gasteiger partial charge in [-0.1, -0.05) is 18.2 Å². The minimum atomic E-state index is -4.28. The molecule has 0 heterocycles. The van der Waals surface area contributed by atoms with Crippen molar-refractivity contribution < 1.29 is 18.3 Å². The molecule has 0 aliphatic rings. The number of rotatable bonds is 4.